The zero-order chi connectivity index (χ0) is 19.1. The second-order valence-corrected chi connectivity index (χ2v) is 5.99. The lowest BCUT2D eigenvalue weighted by Crippen LogP contribution is -2.29. The molecule has 3 aromatic carbocycles. The Morgan fingerprint density at radius 3 is 1.93 bits per heavy atom. The standard InChI is InChI=1S/C22H21N3O2/c1-2-16-8-6-7-11-20(16)25-22(27)21(26)24-19-14-12-18(13-15-19)23-17-9-4-3-5-10-17/h3-15,23H,2H2,1H3,(H,24,26)(H,25,27). The van der Waals surface area contributed by atoms with E-state index < -0.39 is 11.8 Å². The van der Waals surface area contributed by atoms with E-state index in [1.807, 2.05) is 67.6 Å². The third-order valence-corrected chi connectivity index (χ3v) is 4.06. The molecule has 0 saturated carbocycles. The Morgan fingerprint density at radius 2 is 1.22 bits per heavy atom. The van der Waals surface area contributed by atoms with Crippen LogP contribution in [0, 0.1) is 0 Å². The SMILES string of the molecule is CCc1ccccc1NC(=O)C(=O)Nc1ccc(Nc2ccccc2)cc1. The van der Waals surface area contributed by atoms with E-state index in [0.717, 1.165) is 23.4 Å². The van der Waals surface area contributed by atoms with Crippen molar-refractivity contribution in [3.8, 4) is 0 Å². The smallest absolute Gasteiger partial charge is 0.314 e. The van der Waals surface area contributed by atoms with Gasteiger partial charge in [-0.25, -0.2) is 0 Å². The number of nitrogens with one attached hydrogen (secondary N) is 3. The fourth-order valence-electron chi connectivity index (χ4n) is 2.64. The Labute approximate surface area is 158 Å². The largest absolute Gasteiger partial charge is 0.356 e. The topological polar surface area (TPSA) is 70.2 Å². The van der Waals surface area contributed by atoms with Gasteiger partial charge < -0.3 is 16.0 Å². The minimum atomic E-state index is -0.704. The van der Waals surface area contributed by atoms with Gasteiger partial charge in [-0.05, 0) is 54.4 Å². The number of anilines is 4. The highest BCUT2D eigenvalue weighted by Crippen LogP contribution is 2.19. The molecule has 5 heteroatoms. The molecule has 0 atom stereocenters. The van der Waals surface area contributed by atoms with Gasteiger partial charge in [0.1, 0.15) is 0 Å². The molecule has 0 unspecified atom stereocenters. The third kappa shape index (κ3) is 4.95. The van der Waals surface area contributed by atoms with Crippen LogP contribution in [-0.2, 0) is 16.0 Å². The summed E-state index contributed by atoms with van der Waals surface area (Å²) in [5.41, 5.74) is 4.05. The predicted molar refractivity (Wildman–Crippen MR) is 109 cm³/mol. The van der Waals surface area contributed by atoms with Gasteiger partial charge in [-0.3, -0.25) is 9.59 Å². The monoisotopic (exact) mass is 359 g/mol. The average molecular weight is 359 g/mol. The molecule has 0 bridgehead atoms. The van der Waals surface area contributed by atoms with E-state index in [1.165, 1.54) is 0 Å². The van der Waals surface area contributed by atoms with E-state index in [4.69, 9.17) is 0 Å². The molecule has 0 aliphatic rings. The first-order valence-corrected chi connectivity index (χ1v) is 8.78. The first-order chi connectivity index (χ1) is 13.2. The number of hydrogen-bond acceptors (Lipinski definition) is 3. The molecule has 0 aliphatic heterocycles. The number of rotatable bonds is 5. The molecular weight excluding hydrogens is 338 g/mol. The van der Waals surface area contributed by atoms with Crippen molar-refractivity contribution in [2.75, 3.05) is 16.0 Å². The second kappa shape index (κ2) is 8.67. The maximum absolute atomic E-state index is 12.2. The summed E-state index contributed by atoms with van der Waals surface area (Å²) in [7, 11) is 0. The van der Waals surface area contributed by atoms with Crippen LogP contribution in [0.25, 0.3) is 0 Å². The summed E-state index contributed by atoms with van der Waals surface area (Å²) >= 11 is 0. The molecule has 0 aromatic heterocycles. The molecule has 3 N–H and O–H groups in total. The van der Waals surface area contributed by atoms with Crippen molar-refractivity contribution in [1.82, 2.24) is 0 Å². The Balaban J connectivity index is 1.59. The van der Waals surface area contributed by atoms with Gasteiger partial charge in [0.25, 0.3) is 0 Å². The highest BCUT2D eigenvalue weighted by molar-refractivity contribution is 6.43. The number of carbonyl (C=O) groups excluding carboxylic acids is 2. The molecular formula is C22H21N3O2. The zero-order valence-corrected chi connectivity index (χ0v) is 15.0. The molecule has 3 rings (SSSR count). The van der Waals surface area contributed by atoms with Crippen molar-refractivity contribution in [1.29, 1.82) is 0 Å². The lowest BCUT2D eigenvalue weighted by atomic mass is 10.1. The molecule has 136 valence electrons. The van der Waals surface area contributed by atoms with Crippen LogP contribution >= 0.6 is 0 Å². The Hall–Kier alpha value is -3.60. The van der Waals surface area contributed by atoms with Crippen LogP contribution in [0.4, 0.5) is 22.7 Å². The molecule has 2 amide bonds. The van der Waals surface area contributed by atoms with E-state index in [-0.39, 0.29) is 0 Å². The van der Waals surface area contributed by atoms with E-state index in [2.05, 4.69) is 16.0 Å². The van der Waals surface area contributed by atoms with Crippen LogP contribution in [0.5, 0.6) is 0 Å². The molecule has 0 fully saturated rings. The van der Waals surface area contributed by atoms with E-state index in [1.54, 1.807) is 18.2 Å². The Kier molecular flexibility index (Phi) is 5.84. The Morgan fingerprint density at radius 1 is 0.667 bits per heavy atom. The van der Waals surface area contributed by atoms with Gasteiger partial charge >= 0.3 is 11.8 Å². The van der Waals surface area contributed by atoms with Crippen molar-refractivity contribution in [3.05, 3.63) is 84.4 Å². The van der Waals surface area contributed by atoms with Crippen molar-refractivity contribution >= 4 is 34.6 Å². The zero-order valence-electron chi connectivity index (χ0n) is 15.0. The van der Waals surface area contributed by atoms with E-state index >= 15 is 0 Å². The van der Waals surface area contributed by atoms with Crippen molar-refractivity contribution in [2.24, 2.45) is 0 Å². The lowest BCUT2D eigenvalue weighted by Gasteiger charge is -2.10. The number of para-hydroxylation sites is 2. The quantitative estimate of drug-likeness (QED) is 0.585. The average Bonchev–Trinajstić information content (AvgIpc) is 2.70. The Bertz CT molecular complexity index is 922. The van der Waals surface area contributed by atoms with Crippen molar-refractivity contribution in [2.45, 2.75) is 13.3 Å². The maximum Gasteiger partial charge on any atom is 0.314 e. The molecule has 5 nitrogen and oxygen atoms in total. The summed E-state index contributed by atoms with van der Waals surface area (Å²) in [5, 5.41) is 8.53. The molecule has 0 radical (unpaired) electrons. The van der Waals surface area contributed by atoms with Gasteiger partial charge in [0.2, 0.25) is 0 Å². The summed E-state index contributed by atoms with van der Waals surface area (Å²) in [6.45, 7) is 2.00. The fraction of sp³-hybridized carbons (Fsp3) is 0.0909. The van der Waals surface area contributed by atoms with Gasteiger partial charge in [0, 0.05) is 22.7 Å². The predicted octanol–water partition coefficient (Wildman–Crippen LogP) is 4.57. The number of amides is 2. The summed E-state index contributed by atoms with van der Waals surface area (Å²) in [4.78, 5) is 24.3. The summed E-state index contributed by atoms with van der Waals surface area (Å²) in [6, 6.07) is 24.4. The van der Waals surface area contributed by atoms with Gasteiger partial charge in [0.05, 0.1) is 0 Å². The molecule has 0 heterocycles. The summed E-state index contributed by atoms with van der Waals surface area (Å²) in [5.74, 6) is -1.40. The highest BCUT2D eigenvalue weighted by Gasteiger charge is 2.15. The molecule has 27 heavy (non-hydrogen) atoms. The first-order valence-electron chi connectivity index (χ1n) is 8.78. The second-order valence-electron chi connectivity index (χ2n) is 5.99. The van der Waals surface area contributed by atoms with Crippen molar-refractivity contribution < 1.29 is 9.59 Å². The van der Waals surface area contributed by atoms with Crippen LogP contribution in [0.1, 0.15) is 12.5 Å². The molecule has 0 saturated heterocycles. The maximum atomic E-state index is 12.2. The minimum Gasteiger partial charge on any atom is -0.356 e. The minimum absolute atomic E-state index is 0.553. The first kappa shape index (κ1) is 18.2. The van der Waals surface area contributed by atoms with Crippen LogP contribution < -0.4 is 16.0 Å². The van der Waals surface area contributed by atoms with Gasteiger partial charge in [0.15, 0.2) is 0 Å². The van der Waals surface area contributed by atoms with E-state index in [9.17, 15) is 9.59 Å². The van der Waals surface area contributed by atoms with Gasteiger partial charge in [-0.1, -0.05) is 43.3 Å². The van der Waals surface area contributed by atoms with Crippen LogP contribution in [0.3, 0.4) is 0 Å². The van der Waals surface area contributed by atoms with Crippen molar-refractivity contribution in [3.63, 3.8) is 0 Å². The third-order valence-electron chi connectivity index (χ3n) is 4.06. The number of hydrogen-bond donors (Lipinski definition) is 3. The van der Waals surface area contributed by atoms with Crippen LogP contribution in [-0.4, -0.2) is 11.8 Å². The summed E-state index contributed by atoms with van der Waals surface area (Å²) < 4.78 is 0. The fourth-order valence-corrected chi connectivity index (χ4v) is 2.64. The van der Waals surface area contributed by atoms with Crippen LogP contribution in [0.15, 0.2) is 78.9 Å². The number of carbonyl (C=O) groups is 2. The number of aryl methyl sites for hydroxylation is 1. The highest BCUT2D eigenvalue weighted by atomic mass is 16.2. The normalized spacial score (nSPS) is 10.1. The molecule has 0 spiro atoms. The van der Waals surface area contributed by atoms with Gasteiger partial charge in [-0.2, -0.15) is 0 Å². The number of benzene rings is 3. The lowest BCUT2D eigenvalue weighted by molar-refractivity contribution is -0.133. The van der Waals surface area contributed by atoms with E-state index in [0.29, 0.717) is 11.4 Å². The molecule has 3 aromatic rings. The van der Waals surface area contributed by atoms with Crippen LogP contribution in [0.2, 0.25) is 0 Å². The summed E-state index contributed by atoms with van der Waals surface area (Å²) in [6.07, 6.45) is 0.772. The molecule has 0 aliphatic carbocycles. The van der Waals surface area contributed by atoms with Gasteiger partial charge in [-0.15, -0.1) is 0 Å².